The van der Waals surface area contributed by atoms with Gasteiger partial charge in [-0.1, -0.05) is 11.6 Å². The number of nitrogens with two attached hydrogens (primary N) is 1. The van der Waals surface area contributed by atoms with Crippen LogP contribution in [0.2, 0.25) is 5.15 Å². The number of anilines is 2. The van der Waals surface area contributed by atoms with Crippen molar-refractivity contribution in [3.8, 4) is 0 Å². The summed E-state index contributed by atoms with van der Waals surface area (Å²) in [5.41, 5.74) is 5.39. The summed E-state index contributed by atoms with van der Waals surface area (Å²) in [5, 5.41) is 7.01. The topological polar surface area (TPSA) is 170 Å². The molecule has 0 aliphatic heterocycles. The van der Waals surface area contributed by atoms with E-state index in [-0.39, 0.29) is 35.7 Å². The lowest BCUT2D eigenvalue weighted by Gasteiger charge is -2.12. The fraction of sp³-hybridized carbons (Fsp3) is 0.429. The average Bonchev–Trinajstić information content (AvgIpc) is 2.58. The summed E-state index contributed by atoms with van der Waals surface area (Å²) in [4.78, 5) is 46.7. The molecule has 0 aliphatic rings. The van der Waals surface area contributed by atoms with Gasteiger partial charge >= 0.3 is 12.2 Å². The fourth-order valence-corrected chi connectivity index (χ4v) is 1.83. The van der Waals surface area contributed by atoms with E-state index in [1.807, 2.05) is 6.92 Å². The van der Waals surface area contributed by atoms with Crippen molar-refractivity contribution < 1.29 is 23.9 Å². The highest BCUT2D eigenvalue weighted by Gasteiger charge is 2.20. The predicted octanol–water partition coefficient (Wildman–Crippen LogP) is 1.13. The van der Waals surface area contributed by atoms with Gasteiger partial charge in [0.1, 0.15) is 0 Å². The number of ether oxygens (including phenoxy) is 2. The van der Waals surface area contributed by atoms with Crippen LogP contribution >= 0.6 is 11.6 Å². The Bertz CT molecular complexity index is 741. The van der Waals surface area contributed by atoms with Crippen molar-refractivity contribution in [3.63, 3.8) is 0 Å². The van der Waals surface area contributed by atoms with E-state index < -0.39 is 24.1 Å². The molecule has 12 nitrogen and oxygen atoms in total. The van der Waals surface area contributed by atoms with Gasteiger partial charge < -0.3 is 20.5 Å². The van der Waals surface area contributed by atoms with Gasteiger partial charge in [0.05, 0.1) is 13.2 Å². The van der Waals surface area contributed by atoms with Crippen molar-refractivity contribution in [1.82, 2.24) is 20.6 Å². The van der Waals surface area contributed by atoms with Crippen LogP contribution in [0.4, 0.5) is 21.2 Å². The zero-order valence-electron chi connectivity index (χ0n) is 15.0. The van der Waals surface area contributed by atoms with Gasteiger partial charge in [-0.05, 0) is 20.8 Å². The zero-order valence-corrected chi connectivity index (χ0v) is 15.7. The average molecular weight is 402 g/mol. The predicted molar refractivity (Wildman–Crippen MR) is 97.7 cm³/mol. The number of nitrogens with zero attached hydrogens (tertiary/aromatic N) is 3. The van der Waals surface area contributed by atoms with Gasteiger partial charge in [-0.2, -0.15) is 0 Å². The summed E-state index contributed by atoms with van der Waals surface area (Å²) in [6.07, 6.45) is -1.98. The van der Waals surface area contributed by atoms with Crippen molar-refractivity contribution in [3.05, 3.63) is 10.8 Å². The molecule has 3 amide bonds. The molecule has 1 aromatic heterocycles. The van der Waals surface area contributed by atoms with Gasteiger partial charge in [0.25, 0.3) is 5.91 Å². The number of guanidine groups is 1. The monoisotopic (exact) mass is 401 g/mol. The van der Waals surface area contributed by atoms with Crippen LogP contribution in [0.25, 0.3) is 0 Å². The lowest BCUT2D eigenvalue weighted by molar-refractivity contribution is 0.0971. The molecule has 1 aromatic rings. The van der Waals surface area contributed by atoms with E-state index in [4.69, 9.17) is 17.3 Å². The van der Waals surface area contributed by atoms with Crippen molar-refractivity contribution in [2.24, 2.45) is 4.99 Å². The third kappa shape index (κ3) is 6.93. The minimum absolute atomic E-state index is 0.0445. The van der Waals surface area contributed by atoms with Gasteiger partial charge in [0, 0.05) is 6.54 Å². The first-order chi connectivity index (χ1) is 12.8. The molecule has 148 valence electrons. The number of carbonyl (C=O) groups excluding carboxylic acids is 3. The zero-order chi connectivity index (χ0) is 20.4. The Morgan fingerprint density at radius 3 is 2.37 bits per heavy atom. The molecule has 1 rings (SSSR count). The summed E-state index contributed by atoms with van der Waals surface area (Å²) in [7, 11) is 0. The van der Waals surface area contributed by atoms with E-state index >= 15 is 0 Å². The standard InChI is InChI=1S/C14H20ClN7O5/c1-4-17-10-8(15)18-7(9(16)19-10)11(23)20-12(21-13(24)26-5-2)22-14(25)27-6-3/h4-6H2,1-3H3,(H3,16,17,19)(H2,20,21,22,23,24,25). The van der Waals surface area contributed by atoms with Crippen LogP contribution < -0.4 is 21.7 Å². The lowest BCUT2D eigenvalue weighted by Crippen LogP contribution is -2.45. The Kier molecular flexibility index (Phi) is 8.72. The molecule has 0 bridgehead atoms. The van der Waals surface area contributed by atoms with Crippen LogP contribution in [0.1, 0.15) is 31.3 Å². The van der Waals surface area contributed by atoms with E-state index in [0.717, 1.165) is 0 Å². The van der Waals surface area contributed by atoms with Crippen LogP contribution in [0.3, 0.4) is 0 Å². The minimum Gasteiger partial charge on any atom is -0.450 e. The molecule has 5 N–H and O–H groups in total. The second-order valence-corrected chi connectivity index (χ2v) is 4.94. The Morgan fingerprint density at radius 2 is 1.78 bits per heavy atom. The third-order valence-electron chi connectivity index (χ3n) is 2.64. The molecule has 0 unspecified atom stereocenters. The molecule has 0 atom stereocenters. The molecule has 1 heterocycles. The maximum atomic E-state index is 12.4. The number of aromatic nitrogens is 2. The summed E-state index contributed by atoms with van der Waals surface area (Å²) in [5.74, 6) is -1.47. The number of halogens is 1. The lowest BCUT2D eigenvalue weighted by atomic mass is 10.3. The Balaban J connectivity index is 3.06. The quantitative estimate of drug-likeness (QED) is 0.417. The SMILES string of the molecule is CCNc1nc(N)c(C(=O)N/C(=N\C(=O)OCC)NC(=O)OCC)nc1Cl. The molecule has 0 saturated heterocycles. The number of rotatable bonds is 5. The van der Waals surface area contributed by atoms with Crippen LogP contribution in [0, 0.1) is 0 Å². The van der Waals surface area contributed by atoms with Gasteiger partial charge in [0.15, 0.2) is 22.5 Å². The molecular weight excluding hydrogens is 382 g/mol. The Labute approximate surface area is 159 Å². The van der Waals surface area contributed by atoms with Gasteiger partial charge in [-0.3, -0.25) is 15.4 Å². The third-order valence-corrected chi connectivity index (χ3v) is 2.90. The molecule has 0 aromatic carbocycles. The van der Waals surface area contributed by atoms with Gasteiger partial charge in [-0.25, -0.2) is 19.6 Å². The number of nitrogen functional groups attached to an aromatic ring is 1. The smallest absolute Gasteiger partial charge is 0.436 e. The van der Waals surface area contributed by atoms with E-state index in [1.54, 1.807) is 13.8 Å². The van der Waals surface area contributed by atoms with E-state index in [1.165, 1.54) is 0 Å². The van der Waals surface area contributed by atoms with Crippen LogP contribution in [-0.2, 0) is 9.47 Å². The molecule has 0 fully saturated rings. The maximum absolute atomic E-state index is 12.4. The number of alkyl carbamates (subject to hydrolysis) is 1. The van der Waals surface area contributed by atoms with Gasteiger partial charge in [-0.15, -0.1) is 4.99 Å². The normalized spacial score (nSPS) is 10.7. The first-order valence-corrected chi connectivity index (χ1v) is 8.27. The largest absolute Gasteiger partial charge is 0.450 e. The van der Waals surface area contributed by atoms with Crippen LogP contribution in [0.5, 0.6) is 0 Å². The first-order valence-electron chi connectivity index (χ1n) is 7.89. The number of carbonyl (C=O) groups is 3. The second-order valence-electron chi connectivity index (χ2n) is 4.59. The first kappa shape index (κ1) is 21.9. The molecule has 13 heteroatoms. The summed E-state index contributed by atoms with van der Waals surface area (Å²) >= 11 is 5.95. The Hall–Kier alpha value is -3.15. The molecule has 0 radical (unpaired) electrons. The van der Waals surface area contributed by atoms with Crippen LogP contribution in [-0.4, -0.2) is 53.8 Å². The van der Waals surface area contributed by atoms with Crippen molar-refractivity contribution in [2.45, 2.75) is 20.8 Å². The highest BCUT2D eigenvalue weighted by Crippen LogP contribution is 2.20. The fourth-order valence-electron chi connectivity index (χ4n) is 1.64. The summed E-state index contributed by atoms with van der Waals surface area (Å²) in [6.45, 7) is 5.57. The highest BCUT2D eigenvalue weighted by molar-refractivity contribution is 6.32. The van der Waals surface area contributed by atoms with E-state index in [9.17, 15) is 14.4 Å². The Morgan fingerprint density at radius 1 is 1.11 bits per heavy atom. The van der Waals surface area contributed by atoms with Crippen molar-refractivity contribution >= 4 is 47.3 Å². The van der Waals surface area contributed by atoms with E-state index in [0.29, 0.717) is 6.54 Å². The van der Waals surface area contributed by atoms with Crippen molar-refractivity contribution in [2.75, 3.05) is 30.8 Å². The number of amides is 3. The minimum atomic E-state index is -1.04. The van der Waals surface area contributed by atoms with Gasteiger partial charge in [0.2, 0.25) is 5.96 Å². The maximum Gasteiger partial charge on any atom is 0.436 e. The molecular formula is C14H20ClN7O5. The van der Waals surface area contributed by atoms with Crippen molar-refractivity contribution in [1.29, 1.82) is 0 Å². The second kappa shape index (κ2) is 10.8. The number of nitrogens with one attached hydrogen (secondary N) is 3. The van der Waals surface area contributed by atoms with Crippen LogP contribution in [0.15, 0.2) is 4.99 Å². The highest BCUT2D eigenvalue weighted by atomic mass is 35.5. The molecule has 0 aliphatic carbocycles. The molecule has 0 saturated carbocycles. The summed E-state index contributed by atoms with van der Waals surface area (Å²) < 4.78 is 9.31. The number of hydrogen-bond donors (Lipinski definition) is 4. The molecule has 0 spiro atoms. The van der Waals surface area contributed by atoms with E-state index in [2.05, 4.69) is 40.4 Å². The summed E-state index contributed by atoms with van der Waals surface area (Å²) in [6, 6.07) is 0. The molecule has 27 heavy (non-hydrogen) atoms. The number of aliphatic imine (C=N–C) groups is 1. The number of hydrogen-bond acceptors (Lipinski definition) is 9.